The number of nitriles is 1. The molecule has 96 valence electrons. The lowest BCUT2D eigenvalue weighted by atomic mass is 10.2. The highest BCUT2D eigenvalue weighted by Crippen LogP contribution is 2.31. The van der Waals surface area contributed by atoms with E-state index < -0.39 is 0 Å². The second-order valence-electron chi connectivity index (χ2n) is 4.30. The van der Waals surface area contributed by atoms with Gasteiger partial charge in [0.15, 0.2) is 0 Å². The van der Waals surface area contributed by atoms with Gasteiger partial charge in [0.05, 0.1) is 11.1 Å². The minimum atomic E-state index is 0.408. The van der Waals surface area contributed by atoms with E-state index in [0.29, 0.717) is 22.7 Å². The van der Waals surface area contributed by atoms with Crippen molar-refractivity contribution in [1.82, 2.24) is 4.98 Å². The fourth-order valence-corrected chi connectivity index (χ4v) is 2.00. The second-order valence-corrected chi connectivity index (χ2v) is 4.30. The smallest absolute Gasteiger partial charge is 0.145 e. The van der Waals surface area contributed by atoms with Gasteiger partial charge in [-0.1, -0.05) is 12.1 Å². The summed E-state index contributed by atoms with van der Waals surface area (Å²) < 4.78 is 5.85. The summed E-state index contributed by atoms with van der Waals surface area (Å²) in [5.41, 5.74) is 7.46. The predicted octanol–water partition coefficient (Wildman–Crippen LogP) is 3.48. The first kappa shape index (κ1) is 12.0. The monoisotopic (exact) mass is 261 g/mol. The van der Waals surface area contributed by atoms with Crippen LogP contribution in [0, 0.1) is 11.3 Å². The average molecular weight is 261 g/mol. The van der Waals surface area contributed by atoms with Crippen LogP contribution < -0.4 is 10.5 Å². The van der Waals surface area contributed by atoms with Crippen LogP contribution in [0.25, 0.3) is 10.9 Å². The number of hydrogen-bond donors (Lipinski definition) is 1. The van der Waals surface area contributed by atoms with Crippen LogP contribution >= 0.6 is 0 Å². The Balaban J connectivity index is 2.08. The van der Waals surface area contributed by atoms with E-state index in [2.05, 4.69) is 11.1 Å². The number of benzene rings is 2. The normalized spacial score (nSPS) is 10.2. The Kier molecular flexibility index (Phi) is 2.94. The largest absolute Gasteiger partial charge is 0.455 e. The minimum absolute atomic E-state index is 0.408. The van der Waals surface area contributed by atoms with Crippen LogP contribution in [-0.2, 0) is 0 Å². The summed E-state index contributed by atoms with van der Waals surface area (Å²) in [6.07, 6.45) is 1.68. The van der Waals surface area contributed by atoms with Crippen molar-refractivity contribution in [3.05, 3.63) is 60.3 Å². The zero-order chi connectivity index (χ0) is 13.9. The lowest BCUT2D eigenvalue weighted by Gasteiger charge is -2.10. The number of fused-ring (bicyclic) bond motifs is 1. The fraction of sp³-hybridized carbons (Fsp3) is 0. The Hall–Kier alpha value is -3.06. The minimum Gasteiger partial charge on any atom is -0.455 e. The molecule has 0 aliphatic carbocycles. The lowest BCUT2D eigenvalue weighted by Crippen LogP contribution is -1.92. The van der Waals surface area contributed by atoms with Gasteiger partial charge in [0, 0.05) is 17.3 Å². The molecule has 2 N–H and O–H groups in total. The number of rotatable bonds is 2. The van der Waals surface area contributed by atoms with Gasteiger partial charge in [-0.3, -0.25) is 4.98 Å². The molecule has 4 nitrogen and oxygen atoms in total. The first-order valence-corrected chi connectivity index (χ1v) is 6.09. The van der Waals surface area contributed by atoms with E-state index in [-0.39, 0.29) is 0 Å². The number of para-hydroxylation sites is 1. The van der Waals surface area contributed by atoms with Gasteiger partial charge >= 0.3 is 0 Å². The van der Waals surface area contributed by atoms with Crippen molar-refractivity contribution >= 4 is 16.6 Å². The van der Waals surface area contributed by atoms with Gasteiger partial charge in [-0.25, -0.2) is 0 Å². The Labute approximate surface area is 116 Å². The van der Waals surface area contributed by atoms with Gasteiger partial charge in [0.25, 0.3) is 0 Å². The van der Waals surface area contributed by atoms with Crippen molar-refractivity contribution in [3.63, 3.8) is 0 Å². The molecule has 2 aromatic carbocycles. The maximum absolute atomic E-state index is 9.14. The van der Waals surface area contributed by atoms with Crippen LogP contribution in [0.2, 0.25) is 0 Å². The Morgan fingerprint density at radius 1 is 1.05 bits per heavy atom. The van der Waals surface area contributed by atoms with Crippen LogP contribution in [-0.4, -0.2) is 4.98 Å². The van der Waals surface area contributed by atoms with Gasteiger partial charge < -0.3 is 10.5 Å². The van der Waals surface area contributed by atoms with Crippen LogP contribution in [0.1, 0.15) is 5.56 Å². The Morgan fingerprint density at radius 2 is 1.90 bits per heavy atom. The second kappa shape index (κ2) is 4.90. The summed E-state index contributed by atoms with van der Waals surface area (Å²) in [4.78, 5) is 4.28. The highest BCUT2D eigenvalue weighted by Gasteiger charge is 2.08. The molecule has 0 fully saturated rings. The van der Waals surface area contributed by atoms with Crippen molar-refractivity contribution in [3.8, 4) is 17.6 Å². The van der Waals surface area contributed by atoms with Crippen LogP contribution in [0.4, 0.5) is 5.69 Å². The molecule has 3 aromatic rings. The number of aromatic nitrogens is 1. The number of anilines is 1. The molecule has 0 atom stereocenters. The SMILES string of the molecule is N#Cc1cc(N)ccc1Oc1ccnc2ccccc12. The van der Waals surface area contributed by atoms with Crippen molar-refractivity contribution in [2.24, 2.45) is 0 Å². The van der Waals surface area contributed by atoms with E-state index in [1.54, 1.807) is 30.5 Å². The zero-order valence-electron chi connectivity index (χ0n) is 10.6. The average Bonchev–Trinajstić information content (AvgIpc) is 2.49. The molecule has 0 aliphatic heterocycles. The maximum Gasteiger partial charge on any atom is 0.145 e. The zero-order valence-corrected chi connectivity index (χ0v) is 10.6. The number of nitrogens with zero attached hydrogens (tertiary/aromatic N) is 2. The molecule has 0 bridgehead atoms. The highest BCUT2D eigenvalue weighted by atomic mass is 16.5. The molecule has 0 saturated carbocycles. The molecule has 1 aromatic heterocycles. The van der Waals surface area contributed by atoms with E-state index in [1.807, 2.05) is 24.3 Å². The molecule has 0 aliphatic rings. The van der Waals surface area contributed by atoms with Gasteiger partial charge in [0.1, 0.15) is 17.6 Å². The van der Waals surface area contributed by atoms with Crippen molar-refractivity contribution < 1.29 is 4.74 Å². The Morgan fingerprint density at radius 3 is 2.75 bits per heavy atom. The summed E-state index contributed by atoms with van der Waals surface area (Å²) in [5, 5.41) is 10.0. The molecule has 1 heterocycles. The highest BCUT2D eigenvalue weighted by molar-refractivity contribution is 5.85. The van der Waals surface area contributed by atoms with Gasteiger partial charge in [-0.15, -0.1) is 0 Å². The summed E-state index contributed by atoms with van der Waals surface area (Å²) >= 11 is 0. The van der Waals surface area contributed by atoms with Crippen LogP contribution in [0.5, 0.6) is 11.5 Å². The fourth-order valence-electron chi connectivity index (χ4n) is 2.00. The molecule has 20 heavy (non-hydrogen) atoms. The molecule has 0 radical (unpaired) electrons. The third-order valence-corrected chi connectivity index (χ3v) is 2.95. The third kappa shape index (κ3) is 2.13. The van der Waals surface area contributed by atoms with E-state index in [4.69, 9.17) is 15.7 Å². The number of ether oxygens (including phenoxy) is 1. The summed E-state index contributed by atoms with van der Waals surface area (Å²) in [6.45, 7) is 0. The van der Waals surface area contributed by atoms with Crippen molar-refractivity contribution in [2.45, 2.75) is 0 Å². The standard InChI is InChI=1S/C16H11N3O/c17-10-11-9-12(18)5-6-15(11)20-16-7-8-19-14-4-2-1-3-13(14)16/h1-9H,18H2. The number of nitrogens with two attached hydrogens (primary N) is 1. The predicted molar refractivity (Wildman–Crippen MR) is 77.4 cm³/mol. The van der Waals surface area contributed by atoms with E-state index in [1.165, 1.54) is 0 Å². The topological polar surface area (TPSA) is 71.9 Å². The Bertz CT molecular complexity index is 816. The van der Waals surface area contributed by atoms with Crippen molar-refractivity contribution in [1.29, 1.82) is 5.26 Å². The molecule has 0 unspecified atom stereocenters. The molecule has 0 spiro atoms. The quantitative estimate of drug-likeness (QED) is 0.717. The first-order chi connectivity index (χ1) is 9.78. The molecular weight excluding hydrogens is 250 g/mol. The molecule has 4 heteroatoms. The van der Waals surface area contributed by atoms with E-state index in [0.717, 1.165) is 10.9 Å². The van der Waals surface area contributed by atoms with Crippen LogP contribution in [0.3, 0.4) is 0 Å². The van der Waals surface area contributed by atoms with Gasteiger partial charge in [-0.05, 0) is 36.4 Å². The molecule has 3 rings (SSSR count). The summed E-state index contributed by atoms with van der Waals surface area (Å²) in [5.74, 6) is 1.15. The van der Waals surface area contributed by atoms with E-state index >= 15 is 0 Å². The van der Waals surface area contributed by atoms with E-state index in [9.17, 15) is 0 Å². The lowest BCUT2D eigenvalue weighted by molar-refractivity contribution is 0.486. The summed E-state index contributed by atoms with van der Waals surface area (Å²) in [7, 11) is 0. The van der Waals surface area contributed by atoms with Crippen LogP contribution in [0.15, 0.2) is 54.7 Å². The number of nitrogen functional groups attached to an aromatic ring is 1. The number of pyridine rings is 1. The maximum atomic E-state index is 9.14. The third-order valence-electron chi connectivity index (χ3n) is 2.95. The van der Waals surface area contributed by atoms with Crippen molar-refractivity contribution in [2.75, 3.05) is 5.73 Å². The summed E-state index contributed by atoms with van der Waals surface area (Å²) in [6, 6.07) is 16.5. The first-order valence-electron chi connectivity index (χ1n) is 6.09. The molecule has 0 saturated heterocycles. The number of hydrogen-bond acceptors (Lipinski definition) is 4. The van der Waals surface area contributed by atoms with Gasteiger partial charge in [0.2, 0.25) is 0 Å². The molecular formula is C16H11N3O. The molecule has 0 amide bonds. The van der Waals surface area contributed by atoms with Gasteiger partial charge in [-0.2, -0.15) is 5.26 Å².